The number of benzene rings is 2. The minimum absolute atomic E-state index is 0.0433. The van der Waals surface area contributed by atoms with E-state index in [-0.39, 0.29) is 29.6 Å². The third kappa shape index (κ3) is 10.1. The highest BCUT2D eigenvalue weighted by molar-refractivity contribution is 7.90. The monoisotopic (exact) mass is 612 g/mol. The molecule has 11 nitrogen and oxygen atoms in total. The third-order valence-electron chi connectivity index (χ3n) is 5.40. The number of hydrogen-bond acceptors (Lipinski definition) is 7. The van der Waals surface area contributed by atoms with Crippen molar-refractivity contribution in [3.8, 4) is 0 Å². The van der Waals surface area contributed by atoms with Crippen LogP contribution in [0.1, 0.15) is 12.5 Å². The fourth-order valence-electron chi connectivity index (χ4n) is 3.41. The summed E-state index contributed by atoms with van der Waals surface area (Å²) in [5, 5.41) is 12.8. The van der Waals surface area contributed by atoms with Crippen LogP contribution in [0.4, 0.5) is 23.2 Å². The molecule has 17 heteroatoms. The second kappa shape index (κ2) is 14.0. The summed E-state index contributed by atoms with van der Waals surface area (Å²) >= 11 is 0. The van der Waals surface area contributed by atoms with Gasteiger partial charge in [-0.1, -0.05) is 12.1 Å². The number of nitrogens with one attached hydrogen (secondary N) is 2. The minimum Gasteiger partial charge on any atom is -0.475 e. The Balaban J connectivity index is 0.000000708. The molecule has 0 bridgehead atoms. The van der Waals surface area contributed by atoms with E-state index in [2.05, 4.69) is 10.6 Å². The summed E-state index contributed by atoms with van der Waals surface area (Å²) in [5.41, 5.74) is 0.960. The van der Waals surface area contributed by atoms with Gasteiger partial charge in [-0.2, -0.15) is 21.8 Å². The van der Waals surface area contributed by atoms with E-state index < -0.39 is 38.0 Å². The number of carboxylic acids is 1. The van der Waals surface area contributed by atoms with Crippen LogP contribution in [-0.4, -0.2) is 87.1 Å². The Morgan fingerprint density at radius 2 is 1.52 bits per heavy atom. The van der Waals surface area contributed by atoms with Gasteiger partial charge in [0.1, 0.15) is 5.82 Å². The van der Waals surface area contributed by atoms with E-state index in [0.29, 0.717) is 37.4 Å². The van der Waals surface area contributed by atoms with Crippen LogP contribution < -0.4 is 10.6 Å². The van der Waals surface area contributed by atoms with Gasteiger partial charge in [-0.25, -0.2) is 26.0 Å². The van der Waals surface area contributed by atoms with Crippen LogP contribution in [-0.2, 0) is 36.2 Å². The van der Waals surface area contributed by atoms with Crippen LogP contribution in [0.15, 0.2) is 53.4 Å². The maximum atomic E-state index is 13.4. The number of anilines is 1. The standard InChI is InChI=1S/C21H27FN4O5S2.C2HF3O2/c1-17(27)24-20-6-8-21(9-7-20)33(30,31)26(16-18-2-4-19(22)5-3-18)14-15-32(28,29)25-12-10-23-11-13-25;3-2(4,5)1(6)7/h2-9,23H,10-16H2,1H3,(H,24,27);(H,6,7). The Bertz CT molecular complexity index is 1360. The van der Waals surface area contributed by atoms with Crippen molar-refractivity contribution >= 4 is 37.6 Å². The lowest BCUT2D eigenvalue weighted by atomic mass is 10.2. The number of nitrogens with zero attached hydrogens (tertiary/aromatic N) is 2. The van der Waals surface area contributed by atoms with Crippen molar-refractivity contribution in [3.63, 3.8) is 0 Å². The number of rotatable bonds is 9. The molecule has 0 aliphatic carbocycles. The summed E-state index contributed by atoms with van der Waals surface area (Å²) in [6.45, 7) is 2.70. The molecule has 222 valence electrons. The van der Waals surface area contributed by atoms with Crippen LogP contribution in [0.25, 0.3) is 0 Å². The SMILES string of the molecule is CC(=O)Nc1ccc(S(=O)(=O)N(CCS(=O)(=O)N2CCNCC2)Cc2ccc(F)cc2)cc1.O=C(O)C(F)(F)F. The number of aliphatic carboxylic acids is 1. The lowest BCUT2D eigenvalue weighted by molar-refractivity contribution is -0.192. The first-order chi connectivity index (χ1) is 18.5. The average Bonchev–Trinajstić information content (AvgIpc) is 2.88. The summed E-state index contributed by atoms with van der Waals surface area (Å²) in [7, 11) is -7.74. The quantitative estimate of drug-likeness (QED) is 0.363. The van der Waals surface area contributed by atoms with E-state index >= 15 is 0 Å². The van der Waals surface area contributed by atoms with Gasteiger partial charge in [-0.3, -0.25) is 4.79 Å². The summed E-state index contributed by atoms with van der Waals surface area (Å²) in [5.74, 6) is -3.88. The number of piperazine rings is 1. The molecule has 2 aromatic rings. The highest BCUT2D eigenvalue weighted by Gasteiger charge is 2.38. The van der Waals surface area contributed by atoms with Gasteiger partial charge in [0.15, 0.2) is 0 Å². The van der Waals surface area contributed by atoms with Crippen molar-refractivity contribution in [1.82, 2.24) is 13.9 Å². The molecule has 0 unspecified atom stereocenters. The van der Waals surface area contributed by atoms with E-state index in [0.717, 1.165) is 4.31 Å². The third-order valence-corrected chi connectivity index (χ3v) is 9.10. The smallest absolute Gasteiger partial charge is 0.475 e. The van der Waals surface area contributed by atoms with Crippen molar-refractivity contribution in [1.29, 1.82) is 0 Å². The van der Waals surface area contributed by atoms with Gasteiger partial charge in [0, 0.05) is 51.9 Å². The lowest BCUT2D eigenvalue weighted by Gasteiger charge is -2.28. The van der Waals surface area contributed by atoms with Crippen LogP contribution in [0.3, 0.4) is 0 Å². The zero-order valence-electron chi connectivity index (χ0n) is 21.2. The Hall–Kier alpha value is -3.12. The highest BCUT2D eigenvalue weighted by atomic mass is 32.2. The van der Waals surface area contributed by atoms with Gasteiger partial charge in [-0.05, 0) is 42.0 Å². The fourth-order valence-corrected chi connectivity index (χ4v) is 6.40. The predicted molar refractivity (Wildman–Crippen MR) is 137 cm³/mol. The molecule has 1 heterocycles. The van der Waals surface area contributed by atoms with Crippen molar-refractivity contribution in [2.75, 3.05) is 43.8 Å². The van der Waals surface area contributed by atoms with Crippen molar-refractivity contribution in [2.45, 2.75) is 24.5 Å². The van der Waals surface area contributed by atoms with E-state index in [9.17, 15) is 39.2 Å². The zero-order chi connectivity index (χ0) is 30.1. The highest BCUT2D eigenvalue weighted by Crippen LogP contribution is 2.21. The van der Waals surface area contributed by atoms with Gasteiger partial charge in [0.05, 0.1) is 10.6 Å². The second-order valence-corrected chi connectivity index (χ2v) is 12.5. The van der Waals surface area contributed by atoms with Crippen molar-refractivity contribution in [3.05, 3.63) is 59.9 Å². The zero-order valence-corrected chi connectivity index (χ0v) is 22.8. The molecular formula is C23H28F4N4O7S2. The number of halogens is 4. The topological polar surface area (TPSA) is 153 Å². The molecule has 1 aliphatic heterocycles. The number of hydrogen-bond donors (Lipinski definition) is 3. The lowest BCUT2D eigenvalue weighted by Crippen LogP contribution is -2.48. The molecule has 0 spiro atoms. The van der Waals surface area contributed by atoms with Crippen LogP contribution in [0, 0.1) is 5.82 Å². The maximum Gasteiger partial charge on any atom is 0.490 e. The first-order valence-corrected chi connectivity index (χ1v) is 14.7. The molecule has 1 amide bonds. The van der Waals surface area contributed by atoms with Crippen LogP contribution >= 0.6 is 0 Å². The molecule has 0 radical (unpaired) electrons. The predicted octanol–water partition coefficient (Wildman–Crippen LogP) is 1.84. The largest absolute Gasteiger partial charge is 0.490 e. The van der Waals surface area contributed by atoms with Gasteiger partial charge in [-0.15, -0.1) is 0 Å². The fraction of sp³-hybridized carbons (Fsp3) is 0.391. The summed E-state index contributed by atoms with van der Waals surface area (Å²) in [6, 6.07) is 11.0. The van der Waals surface area contributed by atoms with Gasteiger partial charge < -0.3 is 15.7 Å². The van der Waals surface area contributed by atoms with Gasteiger partial charge in [0.25, 0.3) is 0 Å². The number of carbonyl (C=O) groups excluding carboxylic acids is 1. The number of alkyl halides is 3. The second-order valence-electron chi connectivity index (χ2n) is 8.44. The molecule has 0 aromatic heterocycles. The number of carboxylic acid groups (broad SMARTS) is 1. The minimum atomic E-state index is -5.08. The van der Waals surface area contributed by atoms with E-state index in [1.807, 2.05) is 0 Å². The molecule has 3 N–H and O–H groups in total. The van der Waals surface area contributed by atoms with Crippen molar-refractivity contribution in [2.24, 2.45) is 0 Å². The molecule has 1 saturated heterocycles. The molecule has 3 rings (SSSR count). The molecule has 1 fully saturated rings. The number of carbonyl (C=O) groups is 2. The molecule has 2 aromatic carbocycles. The molecule has 0 atom stereocenters. The van der Waals surface area contributed by atoms with E-state index in [1.54, 1.807) is 0 Å². The van der Waals surface area contributed by atoms with Crippen LogP contribution in [0.5, 0.6) is 0 Å². The van der Waals surface area contributed by atoms with Crippen LogP contribution in [0.2, 0.25) is 0 Å². The summed E-state index contributed by atoms with van der Waals surface area (Å²) in [4.78, 5) is 20.1. The van der Waals surface area contributed by atoms with E-state index in [4.69, 9.17) is 9.90 Å². The Morgan fingerprint density at radius 3 is 2.00 bits per heavy atom. The molecule has 1 aliphatic rings. The molecular weight excluding hydrogens is 584 g/mol. The van der Waals surface area contributed by atoms with Crippen molar-refractivity contribution < 1.29 is 49.1 Å². The Kier molecular flexibility index (Phi) is 11.6. The van der Waals surface area contributed by atoms with E-state index in [1.165, 1.54) is 59.8 Å². The first kappa shape index (κ1) is 33.1. The van der Waals surface area contributed by atoms with Gasteiger partial charge in [0.2, 0.25) is 26.0 Å². The molecule has 0 saturated carbocycles. The average molecular weight is 613 g/mol. The Morgan fingerprint density at radius 1 is 1.00 bits per heavy atom. The Labute approximate surface area is 228 Å². The summed E-state index contributed by atoms with van der Waals surface area (Å²) < 4.78 is 99.8. The number of amides is 1. The normalized spacial score (nSPS) is 14.8. The number of sulfonamides is 2. The molecule has 40 heavy (non-hydrogen) atoms. The summed E-state index contributed by atoms with van der Waals surface area (Å²) in [6.07, 6.45) is -5.08. The van der Waals surface area contributed by atoms with Gasteiger partial charge >= 0.3 is 12.1 Å². The maximum absolute atomic E-state index is 13.4. The first-order valence-electron chi connectivity index (χ1n) is 11.6.